The number of hydrogen-bond donors (Lipinski definition) is 0. The number of carbonyl (C=O) groups is 2. The van der Waals surface area contributed by atoms with Crippen molar-refractivity contribution in [2.75, 3.05) is 6.61 Å². The molecule has 0 aliphatic rings. The average molecular weight is 471 g/mol. The third-order valence-corrected chi connectivity index (χ3v) is 6.47. The lowest BCUT2D eigenvalue weighted by Crippen LogP contribution is -2.06. The van der Waals surface area contributed by atoms with Gasteiger partial charge in [0.05, 0.1) is 29.1 Å². The molecule has 36 heavy (non-hydrogen) atoms. The Morgan fingerprint density at radius 1 is 0.778 bits per heavy atom. The molecule has 5 heteroatoms. The van der Waals surface area contributed by atoms with Crippen LogP contribution >= 0.6 is 0 Å². The number of nitrogens with zero attached hydrogens (tertiary/aromatic N) is 2. The largest absolute Gasteiger partial charge is 0.462 e. The molecule has 0 radical (unpaired) electrons. The van der Waals surface area contributed by atoms with Gasteiger partial charge in [-0.1, -0.05) is 78.9 Å². The number of rotatable bonds is 5. The summed E-state index contributed by atoms with van der Waals surface area (Å²) in [5.74, 6) is -0.653. The van der Waals surface area contributed by atoms with Gasteiger partial charge in [0.2, 0.25) is 5.78 Å². The van der Waals surface area contributed by atoms with Gasteiger partial charge in [0.25, 0.3) is 0 Å². The van der Waals surface area contributed by atoms with Crippen LogP contribution in [0.5, 0.6) is 0 Å². The minimum absolute atomic E-state index is 0.183. The first kappa shape index (κ1) is 21.7. The lowest BCUT2D eigenvalue weighted by atomic mass is 10.00. The van der Waals surface area contributed by atoms with Gasteiger partial charge in [-0.2, -0.15) is 0 Å². The monoisotopic (exact) mass is 470 g/mol. The highest BCUT2D eigenvalue weighted by molar-refractivity contribution is 6.17. The molecule has 6 rings (SSSR count). The number of esters is 1. The zero-order valence-corrected chi connectivity index (χ0v) is 19.6. The fourth-order valence-corrected chi connectivity index (χ4v) is 4.71. The van der Waals surface area contributed by atoms with Gasteiger partial charge in [0.1, 0.15) is 6.33 Å². The molecule has 0 spiro atoms. The molecular weight excluding hydrogens is 448 g/mol. The van der Waals surface area contributed by atoms with Gasteiger partial charge in [0.15, 0.2) is 0 Å². The Hall–Kier alpha value is -4.77. The van der Waals surface area contributed by atoms with Crippen LogP contribution in [0.3, 0.4) is 0 Å². The highest BCUT2D eigenvalue weighted by atomic mass is 16.5. The van der Waals surface area contributed by atoms with E-state index in [0.29, 0.717) is 28.0 Å². The van der Waals surface area contributed by atoms with Crippen LogP contribution < -0.4 is 0 Å². The molecule has 0 bridgehead atoms. The van der Waals surface area contributed by atoms with Crippen LogP contribution in [-0.2, 0) is 4.74 Å². The van der Waals surface area contributed by atoms with Gasteiger partial charge < -0.3 is 4.74 Å². The molecule has 174 valence electrons. The number of carbonyl (C=O) groups excluding carboxylic acids is 2. The van der Waals surface area contributed by atoms with E-state index < -0.39 is 5.97 Å². The number of fused-ring (bicyclic) bond motifs is 3. The van der Waals surface area contributed by atoms with Crippen molar-refractivity contribution >= 4 is 38.8 Å². The van der Waals surface area contributed by atoms with Gasteiger partial charge in [-0.25, -0.2) is 9.78 Å². The van der Waals surface area contributed by atoms with E-state index in [1.165, 1.54) is 0 Å². The molecule has 4 aromatic carbocycles. The van der Waals surface area contributed by atoms with Crippen molar-refractivity contribution in [1.82, 2.24) is 9.38 Å². The Bertz CT molecular complexity index is 1790. The first-order chi connectivity index (χ1) is 17.6. The summed E-state index contributed by atoms with van der Waals surface area (Å²) in [6, 6.07) is 31.1. The quantitative estimate of drug-likeness (QED) is 0.207. The zero-order chi connectivity index (χ0) is 24.6. The fourth-order valence-electron chi connectivity index (χ4n) is 4.71. The summed E-state index contributed by atoms with van der Waals surface area (Å²) in [5, 5.41) is 4.08. The van der Waals surface area contributed by atoms with Gasteiger partial charge >= 0.3 is 5.97 Å². The SMILES string of the molecule is CCOC(=O)c1cc(C(=O)c2cccc3ccccc23)n2cnc(-c3ccc4ccccc4c3)cc12. The van der Waals surface area contributed by atoms with E-state index in [2.05, 4.69) is 29.2 Å². The van der Waals surface area contributed by atoms with Crippen molar-refractivity contribution in [3.05, 3.63) is 120 Å². The van der Waals surface area contributed by atoms with Crippen LogP contribution in [0.25, 0.3) is 38.3 Å². The molecule has 0 saturated carbocycles. The maximum Gasteiger partial charge on any atom is 0.340 e. The summed E-state index contributed by atoms with van der Waals surface area (Å²) in [7, 11) is 0. The second-order valence-corrected chi connectivity index (χ2v) is 8.61. The Kier molecular flexibility index (Phi) is 5.30. The van der Waals surface area contributed by atoms with Crippen LogP contribution in [-0.4, -0.2) is 27.7 Å². The summed E-state index contributed by atoms with van der Waals surface area (Å²) in [6.07, 6.45) is 1.61. The average Bonchev–Trinajstić information content (AvgIpc) is 3.31. The molecule has 0 fully saturated rings. The summed E-state index contributed by atoms with van der Waals surface area (Å²) >= 11 is 0. The first-order valence-corrected chi connectivity index (χ1v) is 11.8. The molecular formula is C31H22N2O3. The predicted octanol–water partition coefficient (Wildman–Crippen LogP) is 6.72. The van der Waals surface area contributed by atoms with E-state index in [1.807, 2.05) is 66.7 Å². The summed E-state index contributed by atoms with van der Waals surface area (Å²) in [5.41, 5.74) is 3.48. The van der Waals surface area contributed by atoms with Crippen LogP contribution in [0.1, 0.15) is 33.3 Å². The van der Waals surface area contributed by atoms with Crippen molar-refractivity contribution in [2.45, 2.75) is 6.92 Å². The molecule has 0 amide bonds. The predicted molar refractivity (Wildman–Crippen MR) is 141 cm³/mol. The van der Waals surface area contributed by atoms with Crippen molar-refractivity contribution in [3.63, 3.8) is 0 Å². The Morgan fingerprint density at radius 2 is 1.53 bits per heavy atom. The smallest absolute Gasteiger partial charge is 0.340 e. The van der Waals surface area contributed by atoms with E-state index in [0.717, 1.165) is 27.1 Å². The Morgan fingerprint density at radius 3 is 2.36 bits per heavy atom. The maximum atomic E-state index is 13.8. The Balaban J connectivity index is 1.53. The molecule has 5 nitrogen and oxygen atoms in total. The first-order valence-electron chi connectivity index (χ1n) is 11.8. The van der Waals surface area contributed by atoms with Gasteiger partial charge in [-0.3, -0.25) is 9.20 Å². The van der Waals surface area contributed by atoms with Gasteiger partial charge in [-0.15, -0.1) is 0 Å². The van der Waals surface area contributed by atoms with Gasteiger partial charge in [-0.05, 0) is 46.7 Å². The van der Waals surface area contributed by atoms with Crippen molar-refractivity contribution < 1.29 is 14.3 Å². The highest BCUT2D eigenvalue weighted by Gasteiger charge is 2.23. The lowest BCUT2D eigenvalue weighted by Gasteiger charge is -2.08. The molecule has 6 aromatic rings. The second-order valence-electron chi connectivity index (χ2n) is 8.61. The molecule has 0 aliphatic carbocycles. The standard InChI is InChI=1S/C31H22N2O3/c1-2-36-31(35)26-17-29(30(34)25-13-7-11-21-9-5-6-12-24(21)25)33-19-32-27(18-28(26)33)23-15-14-20-8-3-4-10-22(20)16-23/h3-19H,2H2,1H3. The third kappa shape index (κ3) is 3.62. The minimum Gasteiger partial charge on any atom is -0.462 e. The molecule has 0 atom stereocenters. The molecule has 2 aromatic heterocycles. The number of ketones is 1. The zero-order valence-electron chi connectivity index (χ0n) is 19.6. The topological polar surface area (TPSA) is 60.7 Å². The van der Waals surface area contributed by atoms with Crippen LogP contribution in [0.4, 0.5) is 0 Å². The molecule has 0 N–H and O–H groups in total. The third-order valence-electron chi connectivity index (χ3n) is 6.47. The van der Waals surface area contributed by atoms with E-state index >= 15 is 0 Å². The number of aromatic nitrogens is 2. The Labute approximate surface area is 207 Å². The lowest BCUT2D eigenvalue weighted by molar-refractivity contribution is 0.0529. The highest BCUT2D eigenvalue weighted by Crippen LogP contribution is 2.28. The van der Waals surface area contributed by atoms with Crippen molar-refractivity contribution in [1.29, 1.82) is 0 Å². The number of benzene rings is 4. The van der Waals surface area contributed by atoms with Crippen molar-refractivity contribution in [2.24, 2.45) is 0 Å². The minimum atomic E-state index is -0.470. The summed E-state index contributed by atoms with van der Waals surface area (Å²) in [4.78, 5) is 31.3. The number of hydrogen-bond acceptors (Lipinski definition) is 4. The number of ether oxygens (including phenoxy) is 1. The normalized spacial score (nSPS) is 11.2. The molecule has 0 unspecified atom stereocenters. The molecule has 2 heterocycles. The maximum absolute atomic E-state index is 13.8. The van der Waals surface area contributed by atoms with Gasteiger partial charge in [0, 0.05) is 11.1 Å². The second kappa shape index (κ2) is 8.78. The molecule has 0 aliphatic heterocycles. The van der Waals surface area contributed by atoms with E-state index in [9.17, 15) is 9.59 Å². The van der Waals surface area contributed by atoms with Crippen LogP contribution in [0.15, 0.2) is 103 Å². The van der Waals surface area contributed by atoms with E-state index in [-0.39, 0.29) is 12.4 Å². The fraction of sp³-hybridized carbons (Fsp3) is 0.0645. The van der Waals surface area contributed by atoms with Crippen LogP contribution in [0, 0.1) is 0 Å². The van der Waals surface area contributed by atoms with E-state index in [1.54, 1.807) is 23.7 Å². The summed E-state index contributed by atoms with van der Waals surface area (Å²) < 4.78 is 7.01. The van der Waals surface area contributed by atoms with Crippen LogP contribution in [0.2, 0.25) is 0 Å². The van der Waals surface area contributed by atoms with E-state index in [4.69, 9.17) is 4.74 Å². The molecule has 0 saturated heterocycles. The van der Waals surface area contributed by atoms with Crippen molar-refractivity contribution in [3.8, 4) is 11.3 Å². The summed E-state index contributed by atoms with van der Waals surface area (Å²) in [6.45, 7) is 2.01.